The largest absolute Gasteiger partial charge is 0.345 e. The average molecular weight is 182 g/mol. The van der Waals surface area contributed by atoms with E-state index < -0.39 is 0 Å². The number of nitrogens with zero attached hydrogens (tertiary/aromatic N) is 1. The van der Waals surface area contributed by atoms with Crippen LogP contribution >= 0.6 is 11.8 Å². The molecule has 0 aliphatic rings. The summed E-state index contributed by atoms with van der Waals surface area (Å²) in [6, 6.07) is 1.80. The highest BCUT2D eigenvalue weighted by molar-refractivity contribution is 7.98. The third-order valence-corrected chi connectivity index (χ3v) is 2.21. The lowest BCUT2D eigenvalue weighted by Crippen LogP contribution is -2.10. The first-order valence-electron chi connectivity index (χ1n) is 3.56. The van der Waals surface area contributed by atoms with Crippen molar-refractivity contribution in [2.75, 3.05) is 5.75 Å². The van der Waals surface area contributed by atoms with E-state index in [2.05, 4.69) is 16.5 Å². The van der Waals surface area contributed by atoms with Gasteiger partial charge in [-0.1, -0.05) is 6.08 Å². The van der Waals surface area contributed by atoms with Gasteiger partial charge in [0.15, 0.2) is 0 Å². The number of aromatic amines is 1. The van der Waals surface area contributed by atoms with Crippen LogP contribution in [0.1, 0.15) is 5.69 Å². The topological polar surface area (TPSA) is 45.8 Å². The number of hydrogen-bond donors (Lipinski definition) is 1. The minimum atomic E-state index is -0.285. The molecule has 0 bridgehead atoms. The maximum Gasteiger partial charge on any atom is 0.345 e. The Morgan fingerprint density at radius 2 is 2.58 bits per heavy atom. The molecule has 0 unspecified atom stereocenters. The summed E-state index contributed by atoms with van der Waals surface area (Å²) in [6.07, 6.45) is 3.35. The van der Waals surface area contributed by atoms with Gasteiger partial charge in [-0.25, -0.2) is 9.78 Å². The molecule has 0 radical (unpaired) electrons. The summed E-state index contributed by atoms with van der Waals surface area (Å²) in [6.45, 7) is 3.60. The first-order chi connectivity index (χ1) is 5.83. The fraction of sp³-hybridized carbons (Fsp3) is 0.250. The number of nitrogens with one attached hydrogen (secondary N) is 1. The number of aromatic nitrogens is 2. The highest BCUT2D eigenvalue weighted by Crippen LogP contribution is 2.07. The molecule has 0 saturated heterocycles. The van der Waals surface area contributed by atoms with Crippen molar-refractivity contribution in [3.63, 3.8) is 0 Å². The van der Waals surface area contributed by atoms with Gasteiger partial charge in [0, 0.05) is 23.4 Å². The fourth-order valence-electron chi connectivity index (χ4n) is 0.743. The molecule has 0 aliphatic heterocycles. The lowest BCUT2D eigenvalue weighted by atomic mass is 10.5. The van der Waals surface area contributed by atoms with Crippen LogP contribution in [0.5, 0.6) is 0 Å². The minimum absolute atomic E-state index is 0.285. The van der Waals surface area contributed by atoms with E-state index in [0.717, 1.165) is 17.2 Å². The van der Waals surface area contributed by atoms with E-state index in [4.69, 9.17) is 0 Å². The molecule has 0 saturated carbocycles. The van der Waals surface area contributed by atoms with Crippen LogP contribution < -0.4 is 5.69 Å². The Morgan fingerprint density at radius 3 is 3.25 bits per heavy atom. The van der Waals surface area contributed by atoms with Crippen molar-refractivity contribution in [1.29, 1.82) is 0 Å². The van der Waals surface area contributed by atoms with E-state index in [1.807, 2.05) is 6.08 Å². The van der Waals surface area contributed by atoms with Crippen molar-refractivity contribution in [1.82, 2.24) is 9.97 Å². The molecule has 64 valence electrons. The van der Waals surface area contributed by atoms with Gasteiger partial charge in [-0.15, -0.1) is 6.58 Å². The maximum absolute atomic E-state index is 10.7. The van der Waals surface area contributed by atoms with E-state index >= 15 is 0 Å². The normalized spacial score (nSPS) is 9.67. The lowest BCUT2D eigenvalue weighted by Gasteiger charge is -1.96. The number of hydrogen-bond acceptors (Lipinski definition) is 3. The molecule has 0 aromatic carbocycles. The van der Waals surface area contributed by atoms with Crippen molar-refractivity contribution < 1.29 is 0 Å². The molecule has 1 aromatic rings. The smallest absolute Gasteiger partial charge is 0.309 e. The van der Waals surface area contributed by atoms with E-state index in [0.29, 0.717) is 0 Å². The molecule has 4 heteroatoms. The van der Waals surface area contributed by atoms with E-state index in [1.165, 1.54) is 6.20 Å². The van der Waals surface area contributed by atoms with Crippen molar-refractivity contribution in [3.05, 3.63) is 41.1 Å². The predicted molar refractivity (Wildman–Crippen MR) is 51.2 cm³/mol. The van der Waals surface area contributed by atoms with Gasteiger partial charge < -0.3 is 4.98 Å². The molecular formula is C8H10N2OS. The van der Waals surface area contributed by atoms with Crippen molar-refractivity contribution >= 4 is 11.8 Å². The Balaban J connectivity index is 2.52. The maximum atomic E-state index is 10.7. The molecule has 0 aliphatic carbocycles. The Kier molecular flexibility index (Phi) is 3.60. The van der Waals surface area contributed by atoms with Crippen LogP contribution in [0.4, 0.5) is 0 Å². The van der Waals surface area contributed by atoms with Gasteiger partial charge in [-0.3, -0.25) is 0 Å². The number of thioether (sulfide) groups is 1. The van der Waals surface area contributed by atoms with Gasteiger partial charge in [0.2, 0.25) is 0 Å². The monoisotopic (exact) mass is 182 g/mol. The van der Waals surface area contributed by atoms with Gasteiger partial charge in [0.05, 0.1) is 0 Å². The highest BCUT2D eigenvalue weighted by Gasteiger charge is 1.92. The summed E-state index contributed by atoms with van der Waals surface area (Å²) >= 11 is 1.70. The molecule has 12 heavy (non-hydrogen) atoms. The summed E-state index contributed by atoms with van der Waals surface area (Å²) in [4.78, 5) is 16.9. The Morgan fingerprint density at radius 1 is 1.75 bits per heavy atom. The third-order valence-electron chi connectivity index (χ3n) is 1.23. The van der Waals surface area contributed by atoms with Gasteiger partial charge in [0.1, 0.15) is 0 Å². The molecular weight excluding hydrogens is 172 g/mol. The van der Waals surface area contributed by atoms with E-state index in [9.17, 15) is 4.79 Å². The predicted octanol–water partition coefficient (Wildman–Crippen LogP) is 1.19. The van der Waals surface area contributed by atoms with Crippen LogP contribution in [0.3, 0.4) is 0 Å². The molecule has 1 aromatic heterocycles. The van der Waals surface area contributed by atoms with E-state index in [1.54, 1.807) is 17.8 Å². The second-order valence-electron chi connectivity index (χ2n) is 2.20. The van der Waals surface area contributed by atoms with Crippen LogP contribution in [0.15, 0.2) is 29.7 Å². The zero-order valence-electron chi connectivity index (χ0n) is 6.62. The Bertz CT molecular complexity index is 308. The fourth-order valence-corrected chi connectivity index (χ4v) is 1.42. The number of rotatable bonds is 4. The van der Waals surface area contributed by atoms with E-state index in [-0.39, 0.29) is 5.69 Å². The second-order valence-corrected chi connectivity index (χ2v) is 3.23. The summed E-state index contributed by atoms with van der Waals surface area (Å²) in [5.74, 6) is 1.69. The molecule has 1 N–H and O–H groups in total. The molecule has 0 amide bonds. The molecule has 0 spiro atoms. The SMILES string of the molecule is C=CCSCc1ccnc(=O)[nH]1. The first kappa shape index (κ1) is 9.06. The first-order valence-corrected chi connectivity index (χ1v) is 4.71. The Labute approximate surface area is 74.9 Å². The summed E-state index contributed by atoms with van der Waals surface area (Å²) in [5.41, 5.74) is 0.619. The van der Waals surface area contributed by atoms with Crippen LogP contribution in [-0.4, -0.2) is 15.7 Å². The molecule has 1 rings (SSSR count). The van der Waals surface area contributed by atoms with Gasteiger partial charge in [0.25, 0.3) is 0 Å². The lowest BCUT2D eigenvalue weighted by molar-refractivity contribution is 1.02. The molecule has 3 nitrogen and oxygen atoms in total. The van der Waals surface area contributed by atoms with Gasteiger partial charge in [-0.05, 0) is 6.07 Å². The zero-order valence-corrected chi connectivity index (χ0v) is 7.43. The summed E-state index contributed by atoms with van der Waals surface area (Å²) in [5, 5.41) is 0. The second kappa shape index (κ2) is 4.77. The minimum Gasteiger partial charge on any atom is -0.309 e. The van der Waals surface area contributed by atoms with Crippen LogP contribution in [0, 0.1) is 0 Å². The molecule has 0 fully saturated rings. The van der Waals surface area contributed by atoms with Gasteiger partial charge >= 0.3 is 5.69 Å². The number of H-pyrrole nitrogens is 1. The van der Waals surface area contributed by atoms with Crippen LogP contribution in [0.25, 0.3) is 0 Å². The highest BCUT2D eigenvalue weighted by atomic mass is 32.2. The van der Waals surface area contributed by atoms with Crippen molar-refractivity contribution in [3.8, 4) is 0 Å². The summed E-state index contributed by atoms with van der Waals surface area (Å²) < 4.78 is 0. The molecule has 1 heterocycles. The van der Waals surface area contributed by atoms with Crippen LogP contribution in [0.2, 0.25) is 0 Å². The molecule has 0 atom stereocenters. The van der Waals surface area contributed by atoms with Crippen molar-refractivity contribution in [2.45, 2.75) is 5.75 Å². The van der Waals surface area contributed by atoms with Gasteiger partial charge in [-0.2, -0.15) is 11.8 Å². The Hall–Kier alpha value is -1.03. The van der Waals surface area contributed by atoms with Crippen molar-refractivity contribution in [2.24, 2.45) is 0 Å². The third kappa shape index (κ3) is 2.92. The average Bonchev–Trinajstić information content (AvgIpc) is 2.05. The van der Waals surface area contributed by atoms with Crippen LogP contribution in [-0.2, 0) is 5.75 Å². The summed E-state index contributed by atoms with van der Waals surface area (Å²) in [7, 11) is 0. The zero-order chi connectivity index (χ0) is 8.81. The quantitative estimate of drug-likeness (QED) is 0.562. The standard InChI is InChI=1S/C8H10N2OS/c1-2-5-12-6-7-3-4-9-8(11)10-7/h2-4H,1,5-6H2,(H,9,10,11).